The van der Waals surface area contributed by atoms with E-state index in [0.717, 1.165) is 5.69 Å². The molecule has 0 bridgehead atoms. The first-order chi connectivity index (χ1) is 6.84. The zero-order chi connectivity index (χ0) is 11.6. The van der Waals surface area contributed by atoms with E-state index in [0.29, 0.717) is 10.3 Å². The summed E-state index contributed by atoms with van der Waals surface area (Å²) in [6, 6.07) is 0. The lowest BCUT2D eigenvalue weighted by Crippen LogP contribution is -2.40. The van der Waals surface area contributed by atoms with Gasteiger partial charge < -0.3 is 10.4 Å². The van der Waals surface area contributed by atoms with Gasteiger partial charge in [-0.2, -0.15) is 0 Å². The molecule has 0 atom stereocenters. The number of nitrogens with zero attached hydrogens (tertiary/aromatic N) is 2. The average Bonchev–Trinajstić information content (AvgIpc) is 2.12. The first-order valence-electron chi connectivity index (χ1n) is 4.33. The van der Waals surface area contributed by atoms with Gasteiger partial charge in [-0.3, -0.25) is 0 Å². The van der Waals surface area contributed by atoms with E-state index in [1.807, 2.05) is 6.92 Å². The van der Waals surface area contributed by atoms with Crippen molar-refractivity contribution in [2.45, 2.75) is 26.3 Å². The van der Waals surface area contributed by atoms with Crippen LogP contribution in [0.15, 0.2) is 10.8 Å². The summed E-state index contributed by atoms with van der Waals surface area (Å²) in [5.74, 6) is -0.458. The Morgan fingerprint density at radius 3 is 2.67 bits per heavy atom. The number of aliphatic carboxylic acids is 1. The molecule has 0 aliphatic rings. The molecule has 0 aliphatic carbocycles. The molecule has 0 fully saturated rings. The van der Waals surface area contributed by atoms with Gasteiger partial charge in [-0.05, 0) is 36.7 Å². The normalized spacial score (nSPS) is 11.2. The van der Waals surface area contributed by atoms with Gasteiger partial charge in [0.1, 0.15) is 17.7 Å². The highest BCUT2D eigenvalue weighted by Gasteiger charge is 2.28. The van der Waals surface area contributed by atoms with Crippen molar-refractivity contribution in [3.63, 3.8) is 0 Å². The van der Waals surface area contributed by atoms with E-state index in [1.54, 1.807) is 13.8 Å². The Kier molecular flexibility index (Phi) is 3.28. The van der Waals surface area contributed by atoms with Gasteiger partial charge >= 0.3 is 5.97 Å². The van der Waals surface area contributed by atoms with Crippen LogP contribution in [0.3, 0.4) is 0 Å². The van der Waals surface area contributed by atoms with Gasteiger partial charge in [-0.1, -0.05) is 0 Å². The number of anilines is 1. The molecule has 1 heterocycles. The molecule has 0 saturated heterocycles. The Morgan fingerprint density at radius 1 is 1.53 bits per heavy atom. The molecule has 0 aliphatic heterocycles. The number of halogens is 1. The third-order valence-corrected chi connectivity index (χ3v) is 2.88. The van der Waals surface area contributed by atoms with E-state index in [9.17, 15) is 4.79 Å². The minimum absolute atomic E-state index is 0.481. The molecule has 1 aromatic rings. The molecule has 2 N–H and O–H groups in total. The van der Waals surface area contributed by atoms with Crippen LogP contribution < -0.4 is 5.32 Å². The van der Waals surface area contributed by atoms with E-state index >= 15 is 0 Å². The molecule has 0 radical (unpaired) electrons. The number of carboxylic acids is 1. The Labute approximate surface area is 96.1 Å². The van der Waals surface area contributed by atoms with Crippen LogP contribution in [0.2, 0.25) is 0 Å². The van der Waals surface area contributed by atoms with Crippen molar-refractivity contribution in [2.24, 2.45) is 0 Å². The summed E-state index contributed by atoms with van der Waals surface area (Å²) in [4.78, 5) is 18.8. The summed E-state index contributed by atoms with van der Waals surface area (Å²) in [7, 11) is 0. The van der Waals surface area contributed by atoms with Gasteiger partial charge in [-0.15, -0.1) is 0 Å². The first-order valence-corrected chi connectivity index (χ1v) is 5.12. The van der Waals surface area contributed by atoms with Gasteiger partial charge in [0.15, 0.2) is 0 Å². The van der Waals surface area contributed by atoms with Crippen molar-refractivity contribution >= 4 is 27.7 Å². The topological polar surface area (TPSA) is 75.1 Å². The summed E-state index contributed by atoms with van der Waals surface area (Å²) in [6.45, 7) is 4.95. The molecular weight excluding hydrogens is 262 g/mol. The highest BCUT2D eigenvalue weighted by atomic mass is 79.9. The van der Waals surface area contributed by atoms with Crippen molar-refractivity contribution in [1.82, 2.24) is 9.97 Å². The number of carboxylic acid groups (broad SMARTS) is 1. The molecule has 1 rings (SSSR count). The lowest BCUT2D eigenvalue weighted by molar-refractivity contribution is -0.141. The number of carbonyl (C=O) groups is 1. The summed E-state index contributed by atoms with van der Waals surface area (Å²) in [5, 5.41) is 11.8. The molecule has 6 heteroatoms. The van der Waals surface area contributed by atoms with Crippen molar-refractivity contribution in [3.8, 4) is 0 Å². The maximum atomic E-state index is 10.9. The molecule has 0 unspecified atom stereocenters. The zero-order valence-electron chi connectivity index (χ0n) is 8.71. The Bertz CT molecular complexity index is 393. The SMILES string of the molecule is Cc1ncnc(NC(C)(C)C(=O)O)c1Br. The summed E-state index contributed by atoms with van der Waals surface area (Å²) < 4.78 is 0.680. The fourth-order valence-electron chi connectivity index (χ4n) is 0.895. The smallest absolute Gasteiger partial charge is 0.328 e. The predicted octanol–water partition coefficient (Wildman–Crippen LogP) is 1.82. The monoisotopic (exact) mass is 273 g/mol. The van der Waals surface area contributed by atoms with E-state index in [4.69, 9.17) is 5.11 Å². The van der Waals surface area contributed by atoms with Crippen molar-refractivity contribution in [1.29, 1.82) is 0 Å². The number of nitrogens with one attached hydrogen (secondary N) is 1. The third-order valence-electron chi connectivity index (χ3n) is 1.93. The number of rotatable bonds is 3. The maximum absolute atomic E-state index is 10.9. The second-order valence-corrected chi connectivity index (χ2v) is 4.47. The van der Waals surface area contributed by atoms with Gasteiger partial charge in [0.2, 0.25) is 0 Å². The predicted molar refractivity (Wildman–Crippen MR) is 59.8 cm³/mol. The summed E-state index contributed by atoms with van der Waals surface area (Å²) in [5.41, 5.74) is -0.308. The number of hydrogen-bond acceptors (Lipinski definition) is 4. The fraction of sp³-hybridized carbons (Fsp3) is 0.444. The quantitative estimate of drug-likeness (QED) is 0.879. The lowest BCUT2D eigenvalue weighted by Gasteiger charge is -2.22. The van der Waals surface area contributed by atoms with Crippen molar-refractivity contribution in [2.75, 3.05) is 5.32 Å². The van der Waals surface area contributed by atoms with Crippen LogP contribution in [0, 0.1) is 6.92 Å². The van der Waals surface area contributed by atoms with Gasteiger partial charge in [0, 0.05) is 0 Å². The minimum Gasteiger partial charge on any atom is -0.480 e. The average molecular weight is 274 g/mol. The number of aryl methyl sites for hydroxylation is 1. The standard InChI is InChI=1S/C9H12BrN3O2/c1-5-6(10)7(12-4-11-5)13-9(2,3)8(14)15/h4H,1-3H3,(H,14,15)(H,11,12,13). The number of hydrogen-bond donors (Lipinski definition) is 2. The fourth-order valence-corrected chi connectivity index (χ4v) is 1.20. The van der Waals surface area contributed by atoms with Crippen LogP contribution in [0.5, 0.6) is 0 Å². The Morgan fingerprint density at radius 2 is 2.13 bits per heavy atom. The maximum Gasteiger partial charge on any atom is 0.328 e. The van der Waals surface area contributed by atoms with E-state index in [-0.39, 0.29) is 0 Å². The van der Waals surface area contributed by atoms with Gasteiger partial charge in [-0.25, -0.2) is 14.8 Å². The highest BCUT2D eigenvalue weighted by molar-refractivity contribution is 9.10. The second-order valence-electron chi connectivity index (χ2n) is 3.68. The van der Waals surface area contributed by atoms with Crippen molar-refractivity contribution < 1.29 is 9.90 Å². The molecule has 5 nitrogen and oxygen atoms in total. The second kappa shape index (κ2) is 4.14. The minimum atomic E-state index is -1.07. The third kappa shape index (κ3) is 2.65. The Hall–Kier alpha value is -1.17. The molecule has 0 amide bonds. The van der Waals surface area contributed by atoms with Crippen LogP contribution in [-0.4, -0.2) is 26.6 Å². The zero-order valence-corrected chi connectivity index (χ0v) is 10.3. The molecule has 0 saturated carbocycles. The van der Waals surface area contributed by atoms with Crippen molar-refractivity contribution in [3.05, 3.63) is 16.5 Å². The molecule has 1 aromatic heterocycles. The van der Waals surface area contributed by atoms with Crippen LogP contribution >= 0.6 is 15.9 Å². The first kappa shape index (κ1) is 11.9. The molecule has 15 heavy (non-hydrogen) atoms. The molecule has 0 aromatic carbocycles. The van der Waals surface area contributed by atoms with E-state index < -0.39 is 11.5 Å². The van der Waals surface area contributed by atoms with Crippen LogP contribution in [0.4, 0.5) is 5.82 Å². The highest BCUT2D eigenvalue weighted by Crippen LogP contribution is 2.24. The summed E-state index contributed by atoms with van der Waals surface area (Å²) in [6.07, 6.45) is 1.39. The van der Waals surface area contributed by atoms with Crippen LogP contribution in [0.25, 0.3) is 0 Å². The van der Waals surface area contributed by atoms with Crippen LogP contribution in [0.1, 0.15) is 19.5 Å². The van der Waals surface area contributed by atoms with Gasteiger partial charge in [0.05, 0.1) is 10.2 Å². The largest absolute Gasteiger partial charge is 0.480 e. The molecule has 82 valence electrons. The van der Waals surface area contributed by atoms with Gasteiger partial charge in [0.25, 0.3) is 0 Å². The van der Waals surface area contributed by atoms with E-state index in [2.05, 4.69) is 31.2 Å². The number of aromatic nitrogens is 2. The Balaban J connectivity index is 3.00. The van der Waals surface area contributed by atoms with E-state index in [1.165, 1.54) is 6.33 Å². The summed E-state index contributed by atoms with van der Waals surface area (Å²) >= 11 is 3.30. The molecule has 0 spiro atoms. The lowest BCUT2D eigenvalue weighted by atomic mass is 10.1. The molecular formula is C9H12BrN3O2. The van der Waals surface area contributed by atoms with Crippen LogP contribution in [-0.2, 0) is 4.79 Å².